The molecule has 0 aliphatic carbocycles. The van der Waals surface area contributed by atoms with E-state index in [0.29, 0.717) is 17.0 Å². The predicted octanol–water partition coefficient (Wildman–Crippen LogP) is 0.737. The smallest absolute Gasteiger partial charge is 0.326 e. The predicted molar refractivity (Wildman–Crippen MR) is 64.6 cm³/mol. The highest BCUT2D eigenvalue weighted by molar-refractivity contribution is 5.97. The summed E-state index contributed by atoms with van der Waals surface area (Å²) < 4.78 is 5.01. The second kappa shape index (κ2) is 5.38. The molecule has 0 aromatic carbocycles. The first-order chi connectivity index (χ1) is 9.08. The summed E-state index contributed by atoms with van der Waals surface area (Å²) in [7, 11) is 0. The van der Waals surface area contributed by atoms with Crippen LogP contribution in [0.4, 0.5) is 0 Å². The number of amides is 1. The van der Waals surface area contributed by atoms with Gasteiger partial charge in [0.1, 0.15) is 11.8 Å². The van der Waals surface area contributed by atoms with Crippen LogP contribution < -0.4 is 5.32 Å². The summed E-state index contributed by atoms with van der Waals surface area (Å²) >= 11 is 0. The molecule has 2 rings (SSSR count). The number of carboxylic acid groups (broad SMARTS) is 1. The number of H-pyrrole nitrogens is 1. The van der Waals surface area contributed by atoms with Crippen molar-refractivity contribution in [1.82, 2.24) is 15.3 Å². The van der Waals surface area contributed by atoms with Crippen LogP contribution in [0.3, 0.4) is 0 Å². The normalized spacial score (nSPS) is 12.1. The van der Waals surface area contributed by atoms with Crippen molar-refractivity contribution in [3.8, 4) is 0 Å². The number of aromatic amines is 1. The fourth-order valence-electron chi connectivity index (χ4n) is 1.67. The van der Waals surface area contributed by atoms with Gasteiger partial charge in [-0.15, -0.1) is 0 Å². The summed E-state index contributed by atoms with van der Waals surface area (Å²) in [5.74, 6) is -1.13. The highest BCUT2D eigenvalue weighted by Gasteiger charge is 2.23. The third-order valence-corrected chi connectivity index (χ3v) is 2.69. The number of nitrogens with zero attached hydrogens (tertiary/aromatic N) is 1. The molecule has 100 valence electrons. The quantitative estimate of drug-likeness (QED) is 0.737. The summed E-state index contributed by atoms with van der Waals surface area (Å²) in [5.41, 5.74) is 0.965. The number of furan rings is 1. The fourth-order valence-corrected chi connectivity index (χ4v) is 1.67. The average molecular weight is 263 g/mol. The van der Waals surface area contributed by atoms with Crippen LogP contribution in [-0.4, -0.2) is 33.0 Å². The minimum atomic E-state index is -1.11. The number of aromatic nitrogens is 2. The van der Waals surface area contributed by atoms with Crippen LogP contribution in [0.2, 0.25) is 0 Å². The van der Waals surface area contributed by atoms with E-state index < -0.39 is 17.9 Å². The first-order valence-corrected chi connectivity index (χ1v) is 5.63. The largest absolute Gasteiger partial charge is 0.480 e. The van der Waals surface area contributed by atoms with E-state index in [4.69, 9.17) is 9.52 Å². The molecule has 0 radical (unpaired) electrons. The van der Waals surface area contributed by atoms with Crippen LogP contribution in [0, 0.1) is 6.92 Å². The highest BCUT2D eigenvalue weighted by Crippen LogP contribution is 2.09. The third-order valence-electron chi connectivity index (χ3n) is 2.69. The van der Waals surface area contributed by atoms with Gasteiger partial charge in [0.05, 0.1) is 18.2 Å². The van der Waals surface area contributed by atoms with Crippen LogP contribution in [0.15, 0.2) is 29.3 Å². The fraction of sp³-hybridized carbons (Fsp3) is 0.250. The molecule has 7 heteroatoms. The molecule has 1 atom stereocenters. The monoisotopic (exact) mass is 263 g/mol. The molecule has 0 spiro atoms. The lowest BCUT2D eigenvalue weighted by atomic mass is 10.1. The minimum absolute atomic E-state index is 0.137. The number of hydrogen-bond donors (Lipinski definition) is 3. The number of hydrogen-bond acceptors (Lipinski definition) is 4. The van der Waals surface area contributed by atoms with Gasteiger partial charge in [-0.2, -0.15) is 0 Å². The summed E-state index contributed by atoms with van der Waals surface area (Å²) in [5, 5.41) is 11.6. The van der Waals surface area contributed by atoms with E-state index in [1.807, 2.05) is 0 Å². The van der Waals surface area contributed by atoms with E-state index in [2.05, 4.69) is 15.3 Å². The molecule has 1 unspecified atom stereocenters. The van der Waals surface area contributed by atoms with Crippen molar-refractivity contribution >= 4 is 11.9 Å². The molecule has 2 aromatic rings. The van der Waals surface area contributed by atoms with Crippen LogP contribution in [0.5, 0.6) is 0 Å². The molecule has 0 bridgehead atoms. The van der Waals surface area contributed by atoms with Crippen molar-refractivity contribution in [3.05, 3.63) is 41.9 Å². The van der Waals surface area contributed by atoms with Crippen molar-refractivity contribution < 1.29 is 19.1 Å². The average Bonchev–Trinajstić information content (AvgIpc) is 2.99. The van der Waals surface area contributed by atoms with Gasteiger partial charge in [0.2, 0.25) is 0 Å². The van der Waals surface area contributed by atoms with Crippen LogP contribution in [0.25, 0.3) is 0 Å². The van der Waals surface area contributed by atoms with Crippen LogP contribution in [0.1, 0.15) is 21.8 Å². The summed E-state index contributed by atoms with van der Waals surface area (Å²) in [6, 6.07) is 0.474. The molecule has 0 aliphatic rings. The molecule has 2 aromatic heterocycles. The maximum Gasteiger partial charge on any atom is 0.326 e. The minimum Gasteiger partial charge on any atom is -0.480 e. The first-order valence-electron chi connectivity index (χ1n) is 5.63. The van der Waals surface area contributed by atoms with Crippen molar-refractivity contribution in [2.45, 2.75) is 19.4 Å². The Morgan fingerprint density at radius 2 is 2.37 bits per heavy atom. The summed E-state index contributed by atoms with van der Waals surface area (Å²) in [6.45, 7) is 1.64. The third kappa shape index (κ3) is 3.01. The first kappa shape index (κ1) is 12.9. The molecule has 1 amide bonds. The second-order valence-corrected chi connectivity index (χ2v) is 4.04. The number of carbonyl (C=O) groups excluding carboxylic acids is 1. The molecule has 7 nitrogen and oxygen atoms in total. The second-order valence-electron chi connectivity index (χ2n) is 4.04. The van der Waals surface area contributed by atoms with Gasteiger partial charge in [-0.05, 0) is 13.0 Å². The molecule has 0 saturated heterocycles. The number of carbonyl (C=O) groups is 2. The molecule has 2 heterocycles. The zero-order valence-corrected chi connectivity index (χ0v) is 10.2. The molecule has 0 aliphatic heterocycles. The van der Waals surface area contributed by atoms with E-state index in [1.54, 1.807) is 6.92 Å². The molecule has 3 N–H and O–H groups in total. The van der Waals surface area contributed by atoms with Crippen molar-refractivity contribution in [2.75, 3.05) is 0 Å². The van der Waals surface area contributed by atoms with Crippen molar-refractivity contribution in [2.24, 2.45) is 0 Å². The molecule has 0 fully saturated rings. The standard InChI is InChI=1S/C12H13N3O4/c1-7-9(2-3-19-7)11(16)15-10(12(17)18)4-8-5-13-6-14-8/h2-3,5-6,10H,4H2,1H3,(H,13,14)(H,15,16)(H,17,18). The lowest BCUT2D eigenvalue weighted by molar-refractivity contribution is -0.139. The summed E-state index contributed by atoms with van der Waals surface area (Å²) in [6.07, 6.45) is 4.49. The lowest BCUT2D eigenvalue weighted by Crippen LogP contribution is -2.42. The molecular weight excluding hydrogens is 250 g/mol. The van der Waals surface area contributed by atoms with Gasteiger partial charge in [-0.25, -0.2) is 9.78 Å². The zero-order valence-electron chi connectivity index (χ0n) is 10.2. The van der Waals surface area contributed by atoms with Crippen LogP contribution in [-0.2, 0) is 11.2 Å². The Morgan fingerprint density at radius 3 is 2.89 bits per heavy atom. The number of rotatable bonds is 5. The molecular formula is C12H13N3O4. The Labute approximate surface area is 108 Å². The van der Waals surface area contributed by atoms with Gasteiger partial charge in [-0.1, -0.05) is 0 Å². The van der Waals surface area contributed by atoms with Gasteiger partial charge in [0, 0.05) is 18.3 Å². The number of carboxylic acids is 1. The number of aliphatic carboxylic acids is 1. The van der Waals surface area contributed by atoms with E-state index in [9.17, 15) is 9.59 Å². The van der Waals surface area contributed by atoms with Gasteiger partial charge in [0.25, 0.3) is 5.91 Å². The van der Waals surface area contributed by atoms with Crippen LogP contribution >= 0.6 is 0 Å². The maximum atomic E-state index is 11.9. The van der Waals surface area contributed by atoms with Gasteiger partial charge < -0.3 is 19.8 Å². The number of imidazole rings is 1. The van der Waals surface area contributed by atoms with Crippen molar-refractivity contribution in [3.63, 3.8) is 0 Å². The Balaban J connectivity index is 2.07. The topological polar surface area (TPSA) is 108 Å². The Bertz CT molecular complexity index is 574. The SMILES string of the molecule is Cc1occc1C(=O)NC(Cc1cnc[nH]1)C(=O)O. The Kier molecular flexibility index (Phi) is 3.65. The van der Waals surface area contributed by atoms with Crippen molar-refractivity contribution in [1.29, 1.82) is 0 Å². The summed E-state index contributed by atoms with van der Waals surface area (Å²) in [4.78, 5) is 29.7. The van der Waals surface area contributed by atoms with E-state index >= 15 is 0 Å². The van der Waals surface area contributed by atoms with Gasteiger partial charge >= 0.3 is 5.97 Å². The lowest BCUT2D eigenvalue weighted by Gasteiger charge is -2.13. The Morgan fingerprint density at radius 1 is 1.58 bits per heavy atom. The highest BCUT2D eigenvalue weighted by atomic mass is 16.4. The number of nitrogens with one attached hydrogen (secondary N) is 2. The zero-order chi connectivity index (χ0) is 13.8. The van der Waals surface area contributed by atoms with E-state index in [-0.39, 0.29) is 6.42 Å². The number of aryl methyl sites for hydroxylation is 1. The molecule has 19 heavy (non-hydrogen) atoms. The van der Waals surface area contributed by atoms with E-state index in [0.717, 1.165) is 0 Å². The maximum absolute atomic E-state index is 11.9. The molecule has 0 saturated carbocycles. The van der Waals surface area contributed by atoms with Gasteiger partial charge in [0.15, 0.2) is 0 Å². The van der Waals surface area contributed by atoms with Gasteiger partial charge in [-0.3, -0.25) is 4.79 Å². The van der Waals surface area contributed by atoms with E-state index in [1.165, 1.54) is 24.9 Å². The Hall–Kier alpha value is -2.57.